The average Bonchev–Trinajstić information content (AvgIpc) is 2.58. The molecule has 3 rings (SSSR count). The first kappa shape index (κ1) is 17.0. The Labute approximate surface area is 142 Å². The summed E-state index contributed by atoms with van der Waals surface area (Å²) < 4.78 is 26.3. The Hall–Kier alpha value is -0.840. The van der Waals surface area contributed by atoms with Crippen LogP contribution in [0.1, 0.15) is 31.2 Å². The highest BCUT2D eigenvalue weighted by atomic mass is 35.5. The van der Waals surface area contributed by atoms with Gasteiger partial charge in [-0.25, -0.2) is 4.39 Å². The number of hydrogen-bond acceptors (Lipinski definition) is 3. The summed E-state index contributed by atoms with van der Waals surface area (Å²) in [5.41, 5.74) is -0.749. The van der Waals surface area contributed by atoms with Crippen molar-refractivity contribution in [3.63, 3.8) is 0 Å². The molecule has 2 saturated heterocycles. The third kappa shape index (κ3) is 3.98. The summed E-state index contributed by atoms with van der Waals surface area (Å²) in [5, 5.41) is 0.558. The fraction of sp³-hybridized carbons (Fsp3) is 0.667. The lowest BCUT2D eigenvalue weighted by molar-refractivity contribution is 0.0218. The Morgan fingerprint density at radius 1 is 1.30 bits per heavy atom. The van der Waals surface area contributed by atoms with Gasteiger partial charge >= 0.3 is 0 Å². The molecule has 23 heavy (non-hydrogen) atoms. The number of nitrogens with zero attached hydrogens (tertiary/aromatic N) is 1. The van der Waals surface area contributed by atoms with Crippen molar-refractivity contribution in [2.45, 2.75) is 31.4 Å². The van der Waals surface area contributed by atoms with Crippen LogP contribution < -0.4 is 4.74 Å². The number of rotatable bonds is 4. The molecule has 0 spiro atoms. The fourth-order valence-electron chi connectivity index (χ4n) is 3.68. The van der Waals surface area contributed by atoms with E-state index in [2.05, 4.69) is 4.90 Å². The zero-order valence-corrected chi connectivity index (χ0v) is 14.4. The van der Waals surface area contributed by atoms with Crippen LogP contribution in [0.2, 0.25) is 5.02 Å². The van der Waals surface area contributed by atoms with Crippen LogP contribution in [-0.4, -0.2) is 44.9 Å². The molecule has 1 aromatic carbocycles. The molecule has 0 aromatic heterocycles. The van der Waals surface area contributed by atoms with E-state index in [-0.39, 0.29) is 0 Å². The third-order valence-corrected chi connectivity index (χ3v) is 5.39. The minimum absolute atomic E-state index is 0.493. The number of piperidine rings is 1. The second kappa shape index (κ2) is 7.37. The van der Waals surface area contributed by atoms with Crippen LogP contribution in [0.5, 0.6) is 5.75 Å². The number of halogens is 2. The smallest absolute Gasteiger partial charge is 0.142 e. The van der Waals surface area contributed by atoms with Crippen LogP contribution >= 0.6 is 11.6 Å². The maximum absolute atomic E-state index is 15.5. The van der Waals surface area contributed by atoms with Gasteiger partial charge < -0.3 is 14.4 Å². The molecule has 2 aliphatic heterocycles. The van der Waals surface area contributed by atoms with E-state index in [9.17, 15) is 0 Å². The van der Waals surface area contributed by atoms with Crippen molar-refractivity contribution in [1.29, 1.82) is 0 Å². The Morgan fingerprint density at radius 3 is 2.65 bits per heavy atom. The van der Waals surface area contributed by atoms with Gasteiger partial charge in [-0.3, -0.25) is 0 Å². The second-order valence-electron chi connectivity index (χ2n) is 6.67. The van der Waals surface area contributed by atoms with E-state index in [1.165, 1.54) is 0 Å². The zero-order chi connectivity index (χ0) is 16.3. The van der Waals surface area contributed by atoms with Gasteiger partial charge in [0.15, 0.2) is 0 Å². The number of likely N-dealkylation sites (tertiary alicyclic amines) is 1. The average molecular weight is 342 g/mol. The van der Waals surface area contributed by atoms with E-state index in [4.69, 9.17) is 21.1 Å². The summed E-state index contributed by atoms with van der Waals surface area (Å²) in [6, 6.07) is 5.22. The van der Waals surface area contributed by atoms with Crippen LogP contribution in [-0.2, 0) is 10.4 Å². The van der Waals surface area contributed by atoms with Crippen molar-refractivity contribution in [3.8, 4) is 5.75 Å². The SMILES string of the molecule is COc1ccc(Cl)cc1C1(F)CCN(CC2CCOCC2)CC1. The van der Waals surface area contributed by atoms with Crippen LogP contribution in [0.25, 0.3) is 0 Å². The predicted octanol–water partition coefficient (Wildman–Crippen LogP) is 4.04. The van der Waals surface area contributed by atoms with Crippen LogP contribution in [0.15, 0.2) is 18.2 Å². The van der Waals surface area contributed by atoms with Crippen LogP contribution in [0, 0.1) is 5.92 Å². The zero-order valence-electron chi connectivity index (χ0n) is 13.7. The van der Waals surface area contributed by atoms with Gasteiger partial charge in [0.1, 0.15) is 11.4 Å². The van der Waals surface area contributed by atoms with E-state index < -0.39 is 5.67 Å². The molecule has 0 aliphatic carbocycles. The minimum atomic E-state index is -1.34. The molecule has 0 saturated carbocycles. The van der Waals surface area contributed by atoms with Crippen molar-refractivity contribution in [1.82, 2.24) is 4.90 Å². The van der Waals surface area contributed by atoms with E-state index in [0.29, 0.717) is 35.1 Å². The second-order valence-corrected chi connectivity index (χ2v) is 7.10. The maximum Gasteiger partial charge on any atom is 0.142 e. The molecule has 0 unspecified atom stereocenters. The maximum atomic E-state index is 15.5. The highest BCUT2D eigenvalue weighted by Gasteiger charge is 2.39. The fourth-order valence-corrected chi connectivity index (χ4v) is 3.86. The van der Waals surface area contributed by atoms with Gasteiger partial charge in [-0.15, -0.1) is 0 Å². The number of ether oxygens (including phenoxy) is 2. The quantitative estimate of drug-likeness (QED) is 0.825. The van der Waals surface area contributed by atoms with Crippen molar-refractivity contribution in [2.75, 3.05) is 40.0 Å². The van der Waals surface area contributed by atoms with Gasteiger partial charge in [-0.1, -0.05) is 11.6 Å². The number of benzene rings is 1. The Kier molecular flexibility index (Phi) is 5.45. The van der Waals surface area contributed by atoms with E-state index in [0.717, 1.165) is 45.7 Å². The summed E-state index contributed by atoms with van der Waals surface area (Å²) in [7, 11) is 1.58. The molecule has 2 fully saturated rings. The number of hydrogen-bond donors (Lipinski definition) is 0. The highest BCUT2D eigenvalue weighted by Crippen LogP contribution is 2.42. The predicted molar refractivity (Wildman–Crippen MR) is 90.0 cm³/mol. The monoisotopic (exact) mass is 341 g/mol. The Balaban J connectivity index is 1.64. The molecule has 3 nitrogen and oxygen atoms in total. The lowest BCUT2D eigenvalue weighted by Gasteiger charge is -2.39. The molecular weight excluding hydrogens is 317 g/mol. The summed E-state index contributed by atoms with van der Waals surface area (Å²) in [4.78, 5) is 2.39. The molecule has 0 N–H and O–H groups in total. The lowest BCUT2D eigenvalue weighted by atomic mass is 9.85. The van der Waals surface area contributed by atoms with Crippen molar-refractivity contribution in [2.24, 2.45) is 5.92 Å². The van der Waals surface area contributed by atoms with E-state index in [1.807, 2.05) is 0 Å². The lowest BCUT2D eigenvalue weighted by Crippen LogP contribution is -2.43. The van der Waals surface area contributed by atoms with E-state index >= 15 is 4.39 Å². The first-order chi connectivity index (χ1) is 11.1. The standard InChI is InChI=1S/C18H25ClFNO2/c1-22-17-3-2-15(19)12-16(17)18(20)6-8-21(9-7-18)13-14-4-10-23-11-5-14/h2-3,12,14H,4-11,13H2,1H3. The molecule has 2 heterocycles. The number of alkyl halides is 1. The van der Waals surface area contributed by atoms with E-state index in [1.54, 1.807) is 25.3 Å². The molecule has 0 atom stereocenters. The molecule has 1 aromatic rings. The summed E-state index contributed by atoms with van der Waals surface area (Å²) in [6.45, 7) is 4.36. The topological polar surface area (TPSA) is 21.7 Å². The Morgan fingerprint density at radius 2 is 2.00 bits per heavy atom. The van der Waals surface area contributed by atoms with Gasteiger partial charge in [0, 0.05) is 43.4 Å². The van der Waals surface area contributed by atoms with Gasteiger partial charge in [-0.05, 0) is 49.8 Å². The summed E-state index contributed by atoms with van der Waals surface area (Å²) in [5.74, 6) is 1.28. The van der Waals surface area contributed by atoms with Gasteiger partial charge in [-0.2, -0.15) is 0 Å². The molecular formula is C18H25ClFNO2. The summed E-state index contributed by atoms with van der Waals surface area (Å²) >= 11 is 6.07. The normalized spacial score (nSPS) is 22.9. The largest absolute Gasteiger partial charge is 0.496 e. The molecule has 2 aliphatic rings. The molecule has 0 radical (unpaired) electrons. The van der Waals surface area contributed by atoms with Gasteiger partial charge in [0.05, 0.1) is 7.11 Å². The van der Waals surface area contributed by atoms with Crippen LogP contribution in [0.3, 0.4) is 0 Å². The van der Waals surface area contributed by atoms with Crippen molar-refractivity contribution < 1.29 is 13.9 Å². The first-order valence-corrected chi connectivity index (χ1v) is 8.81. The molecule has 0 amide bonds. The summed E-state index contributed by atoms with van der Waals surface area (Å²) in [6.07, 6.45) is 3.23. The van der Waals surface area contributed by atoms with Gasteiger partial charge in [0.25, 0.3) is 0 Å². The third-order valence-electron chi connectivity index (χ3n) is 5.15. The highest BCUT2D eigenvalue weighted by molar-refractivity contribution is 6.30. The first-order valence-electron chi connectivity index (χ1n) is 8.44. The van der Waals surface area contributed by atoms with Crippen molar-refractivity contribution in [3.05, 3.63) is 28.8 Å². The van der Waals surface area contributed by atoms with Crippen molar-refractivity contribution >= 4 is 11.6 Å². The Bertz CT molecular complexity index is 526. The molecule has 128 valence electrons. The number of methoxy groups -OCH3 is 1. The van der Waals surface area contributed by atoms with Crippen LogP contribution in [0.4, 0.5) is 4.39 Å². The van der Waals surface area contributed by atoms with Gasteiger partial charge in [0.2, 0.25) is 0 Å². The minimum Gasteiger partial charge on any atom is -0.496 e. The molecule has 5 heteroatoms. The molecule has 0 bridgehead atoms.